The molecule has 2 aliphatic carbocycles. The van der Waals surface area contributed by atoms with Crippen LogP contribution >= 0.6 is 0 Å². The standard InChI is InChI=1S/C20H20N4O4/c21-8-12-9-22-24(10-12)11-17(19(25)26)28-20(27)23-18-15-5-1-3-13(15)7-14-4-2-6-16(14)18/h7,9-10,17H,1-6,11H2,(H,23,27)(H,25,26). The number of hydrogen-bond acceptors (Lipinski definition) is 5. The van der Waals surface area contributed by atoms with Gasteiger partial charge in [0.25, 0.3) is 0 Å². The van der Waals surface area contributed by atoms with Gasteiger partial charge in [-0.1, -0.05) is 6.07 Å². The summed E-state index contributed by atoms with van der Waals surface area (Å²) in [7, 11) is 0. The minimum absolute atomic E-state index is 0.171. The number of carbonyl (C=O) groups excluding carboxylic acids is 1. The number of benzene rings is 1. The number of aliphatic carboxylic acids is 1. The van der Waals surface area contributed by atoms with Crippen LogP contribution in [0.4, 0.5) is 10.5 Å². The molecule has 1 aromatic heterocycles. The third-order valence-corrected chi connectivity index (χ3v) is 5.34. The van der Waals surface area contributed by atoms with Crippen LogP contribution in [0, 0.1) is 11.3 Å². The molecule has 0 bridgehead atoms. The van der Waals surface area contributed by atoms with Crippen molar-refractivity contribution in [1.29, 1.82) is 5.26 Å². The average Bonchev–Trinajstić information content (AvgIpc) is 3.40. The predicted molar refractivity (Wildman–Crippen MR) is 99.0 cm³/mol. The zero-order valence-corrected chi connectivity index (χ0v) is 15.3. The average molecular weight is 380 g/mol. The van der Waals surface area contributed by atoms with Gasteiger partial charge in [-0.25, -0.2) is 9.59 Å². The molecule has 28 heavy (non-hydrogen) atoms. The number of hydrogen-bond donors (Lipinski definition) is 2. The van der Waals surface area contributed by atoms with Gasteiger partial charge in [0.1, 0.15) is 6.07 Å². The molecule has 2 aromatic rings. The number of fused-ring (bicyclic) bond motifs is 2. The maximum Gasteiger partial charge on any atom is 0.412 e. The maximum absolute atomic E-state index is 12.5. The molecule has 8 nitrogen and oxygen atoms in total. The largest absolute Gasteiger partial charge is 0.478 e. The highest BCUT2D eigenvalue weighted by Gasteiger charge is 2.28. The highest BCUT2D eigenvalue weighted by Crippen LogP contribution is 2.38. The van der Waals surface area contributed by atoms with Gasteiger partial charge in [-0.05, 0) is 60.8 Å². The number of carboxylic acids is 1. The summed E-state index contributed by atoms with van der Waals surface area (Å²) in [4.78, 5) is 24.0. The number of nitrogens with zero attached hydrogens (tertiary/aromatic N) is 3. The van der Waals surface area contributed by atoms with Crippen LogP contribution in [0.2, 0.25) is 0 Å². The molecule has 1 amide bonds. The molecule has 0 aliphatic heterocycles. The van der Waals surface area contributed by atoms with Gasteiger partial charge in [0.2, 0.25) is 6.10 Å². The van der Waals surface area contributed by atoms with E-state index in [2.05, 4.69) is 16.5 Å². The Hall–Kier alpha value is -3.34. The Balaban J connectivity index is 1.50. The number of aryl methyl sites for hydroxylation is 2. The fourth-order valence-electron chi connectivity index (χ4n) is 4.08. The molecule has 0 radical (unpaired) electrons. The van der Waals surface area contributed by atoms with Crippen LogP contribution in [0.1, 0.15) is 40.7 Å². The number of rotatable bonds is 5. The van der Waals surface area contributed by atoms with Crippen LogP contribution in [0.25, 0.3) is 0 Å². The quantitative estimate of drug-likeness (QED) is 0.823. The molecule has 1 unspecified atom stereocenters. The van der Waals surface area contributed by atoms with E-state index in [0.29, 0.717) is 5.56 Å². The van der Waals surface area contributed by atoms with Gasteiger partial charge in [-0.15, -0.1) is 0 Å². The van der Waals surface area contributed by atoms with Crippen LogP contribution in [0.15, 0.2) is 18.5 Å². The molecule has 1 heterocycles. The molecular weight excluding hydrogens is 360 g/mol. The topological polar surface area (TPSA) is 117 Å². The highest BCUT2D eigenvalue weighted by molar-refractivity contribution is 5.90. The van der Waals surface area contributed by atoms with E-state index < -0.39 is 18.2 Å². The number of ether oxygens (including phenoxy) is 1. The smallest absolute Gasteiger partial charge is 0.412 e. The fraction of sp³-hybridized carbons (Fsp3) is 0.400. The van der Waals surface area contributed by atoms with E-state index in [9.17, 15) is 14.7 Å². The Morgan fingerprint density at radius 3 is 2.50 bits per heavy atom. The number of carbonyl (C=O) groups is 2. The molecule has 0 fully saturated rings. The second-order valence-corrected chi connectivity index (χ2v) is 7.15. The molecule has 1 aromatic carbocycles. The number of aromatic nitrogens is 2. The molecule has 144 valence electrons. The summed E-state index contributed by atoms with van der Waals surface area (Å²) in [6.45, 7) is -0.171. The molecule has 2 N–H and O–H groups in total. The van der Waals surface area contributed by atoms with Crippen LogP contribution < -0.4 is 5.32 Å². The van der Waals surface area contributed by atoms with Gasteiger partial charge in [0.15, 0.2) is 0 Å². The predicted octanol–water partition coefficient (Wildman–Crippen LogP) is 2.43. The van der Waals surface area contributed by atoms with Gasteiger partial charge in [-0.3, -0.25) is 10.00 Å². The lowest BCUT2D eigenvalue weighted by atomic mass is 9.99. The zero-order valence-electron chi connectivity index (χ0n) is 15.3. The van der Waals surface area contributed by atoms with Crippen LogP contribution in [0.5, 0.6) is 0 Å². The first kappa shape index (κ1) is 18.0. The van der Waals surface area contributed by atoms with Crippen molar-refractivity contribution in [1.82, 2.24) is 9.78 Å². The van der Waals surface area contributed by atoms with E-state index in [1.54, 1.807) is 0 Å². The third kappa shape index (κ3) is 3.43. The minimum atomic E-state index is -1.41. The summed E-state index contributed by atoms with van der Waals surface area (Å²) in [6.07, 6.45) is 6.49. The highest BCUT2D eigenvalue weighted by atomic mass is 16.6. The normalized spacial score (nSPS) is 15.4. The summed E-state index contributed by atoms with van der Waals surface area (Å²) >= 11 is 0. The lowest BCUT2D eigenvalue weighted by Gasteiger charge is -2.18. The summed E-state index contributed by atoms with van der Waals surface area (Å²) in [5.74, 6) is -1.27. The second-order valence-electron chi connectivity index (χ2n) is 7.15. The Kier molecular flexibility index (Phi) is 4.74. The Bertz CT molecular complexity index is 957. The SMILES string of the molecule is N#Cc1cnn(CC(OC(=O)Nc2c3c(cc4c2CCC4)CCC3)C(=O)O)c1. The van der Waals surface area contributed by atoms with E-state index >= 15 is 0 Å². The van der Waals surface area contributed by atoms with Crippen LogP contribution in [-0.4, -0.2) is 33.1 Å². The van der Waals surface area contributed by atoms with Crippen molar-refractivity contribution in [2.45, 2.75) is 51.2 Å². The molecule has 1 atom stereocenters. The number of nitriles is 1. The van der Waals surface area contributed by atoms with E-state index in [0.717, 1.165) is 55.3 Å². The third-order valence-electron chi connectivity index (χ3n) is 5.34. The van der Waals surface area contributed by atoms with Crippen molar-refractivity contribution < 1.29 is 19.4 Å². The van der Waals surface area contributed by atoms with Crippen molar-refractivity contribution in [2.75, 3.05) is 5.32 Å². The molecule has 0 saturated heterocycles. The van der Waals surface area contributed by atoms with Gasteiger partial charge in [0, 0.05) is 6.20 Å². The van der Waals surface area contributed by atoms with Gasteiger partial charge in [0.05, 0.1) is 24.0 Å². The van der Waals surface area contributed by atoms with Crippen LogP contribution in [-0.2, 0) is 41.8 Å². The van der Waals surface area contributed by atoms with Crippen molar-refractivity contribution >= 4 is 17.7 Å². The van der Waals surface area contributed by atoms with Crippen molar-refractivity contribution in [3.63, 3.8) is 0 Å². The number of anilines is 1. The second kappa shape index (κ2) is 7.35. The van der Waals surface area contributed by atoms with Crippen molar-refractivity contribution in [2.24, 2.45) is 0 Å². The summed E-state index contributed by atoms with van der Waals surface area (Å²) < 4.78 is 6.47. The van der Waals surface area contributed by atoms with Crippen molar-refractivity contribution in [3.8, 4) is 6.07 Å². The molecular formula is C20H20N4O4. The molecule has 0 spiro atoms. The van der Waals surface area contributed by atoms with E-state index in [1.165, 1.54) is 28.2 Å². The Morgan fingerprint density at radius 1 is 1.25 bits per heavy atom. The Labute approximate surface area is 161 Å². The van der Waals surface area contributed by atoms with Gasteiger partial charge < -0.3 is 9.84 Å². The van der Waals surface area contributed by atoms with E-state index in [4.69, 9.17) is 10.00 Å². The first-order valence-corrected chi connectivity index (χ1v) is 9.34. The monoisotopic (exact) mass is 380 g/mol. The van der Waals surface area contributed by atoms with E-state index in [1.807, 2.05) is 6.07 Å². The Morgan fingerprint density at radius 2 is 1.93 bits per heavy atom. The molecule has 8 heteroatoms. The van der Waals surface area contributed by atoms with Gasteiger partial charge >= 0.3 is 12.1 Å². The summed E-state index contributed by atoms with van der Waals surface area (Å²) in [6, 6.07) is 4.18. The zero-order chi connectivity index (χ0) is 19.7. The number of carboxylic acid groups (broad SMARTS) is 1. The fourth-order valence-corrected chi connectivity index (χ4v) is 4.08. The maximum atomic E-state index is 12.5. The number of amides is 1. The molecule has 2 aliphatic rings. The molecule has 4 rings (SSSR count). The summed E-state index contributed by atoms with van der Waals surface area (Å²) in [5, 5.41) is 25.0. The van der Waals surface area contributed by atoms with Gasteiger partial charge in [-0.2, -0.15) is 10.4 Å². The number of nitrogens with one attached hydrogen (secondary N) is 1. The minimum Gasteiger partial charge on any atom is -0.478 e. The lowest BCUT2D eigenvalue weighted by Crippen LogP contribution is -2.33. The van der Waals surface area contributed by atoms with Crippen molar-refractivity contribution in [3.05, 3.63) is 46.3 Å². The first-order valence-electron chi connectivity index (χ1n) is 9.34. The first-order chi connectivity index (χ1) is 13.5. The summed E-state index contributed by atoms with van der Waals surface area (Å²) in [5.41, 5.74) is 5.95. The molecule has 0 saturated carbocycles. The van der Waals surface area contributed by atoms with E-state index in [-0.39, 0.29) is 6.54 Å². The van der Waals surface area contributed by atoms with Crippen LogP contribution in [0.3, 0.4) is 0 Å². The lowest BCUT2D eigenvalue weighted by molar-refractivity contribution is -0.147.